The van der Waals surface area contributed by atoms with E-state index in [1.165, 1.54) is 16.9 Å². The van der Waals surface area contributed by atoms with Crippen molar-refractivity contribution >= 4 is 35.0 Å². The molecule has 1 saturated heterocycles. The molecule has 0 spiro atoms. The second-order valence-corrected chi connectivity index (χ2v) is 8.91. The first-order valence-corrected chi connectivity index (χ1v) is 11.0. The van der Waals surface area contributed by atoms with E-state index in [4.69, 9.17) is 0 Å². The molecule has 3 heterocycles. The van der Waals surface area contributed by atoms with Crippen molar-refractivity contribution in [1.82, 2.24) is 15.1 Å². The summed E-state index contributed by atoms with van der Waals surface area (Å²) in [5.74, 6) is 2.32. The van der Waals surface area contributed by atoms with E-state index in [2.05, 4.69) is 45.3 Å². The van der Waals surface area contributed by atoms with Gasteiger partial charge in [0.25, 0.3) is 0 Å². The topological polar surface area (TPSA) is 47.9 Å². The van der Waals surface area contributed by atoms with Gasteiger partial charge in [-0.15, -0.1) is 11.3 Å². The molecule has 1 amide bonds. The predicted octanol–water partition coefficient (Wildman–Crippen LogP) is 2.43. The summed E-state index contributed by atoms with van der Waals surface area (Å²) >= 11 is 3.86. The van der Waals surface area contributed by atoms with Gasteiger partial charge < -0.3 is 15.1 Å². The number of thiophene rings is 1. The Hall–Kier alpha value is -1.21. The van der Waals surface area contributed by atoms with E-state index in [0.29, 0.717) is 18.2 Å². The van der Waals surface area contributed by atoms with E-state index in [1.54, 1.807) is 0 Å². The Balaban J connectivity index is 1.44. The molecular formula is C18H28N4OS2. The molecule has 1 unspecified atom stereocenters. The summed E-state index contributed by atoms with van der Waals surface area (Å²) < 4.78 is 0. The molecule has 2 aliphatic rings. The maximum absolute atomic E-state index is 12.5. The molecular weight excluding hydrogens is 352 g/mol. The van der Waals surface area contributed by atoms with Gasteiger partial charge in [-0.05, 0) is 29.9 Å². The molecule has 3 rings (SSSR count). The fraction of sp³-hybridized carbons (Fsp3) is 0.667. The summed E-state index contributed by atoms with van der Waals surface area (Å²) in [6.45, 7) is 6.59. The second-order valence-electron chi connectivity index (χ2n) is 6.51. The Morgan fingerprint density at radius 2 is 2.28 bits per heavy atom. The molecule has 1 N–H and O–H groups in total. The van der Waals surface area contributed by atoms with Crippen LogP contribution in [0.1, 0.15) is 30.2 Å². The minimum absolute atomic E-state index is 0.237. The molecule has 0 aromatic carbocycles. The average molecular weight is 381 g/mol. The summed E-state index contributed by atoms with van der Waals surface area (Å²) in [7, 11) is 1.83. The fourth-order valence-electron chi connectivity index (χ4n) is 3.39. The van der Waals surface area contributed by atoms with Crippen molar-refractivity contribution in [3.63, 3.8) is 0 Å². The number of nitrogens with zero attached hydrogens (tertiary/aromatic N) is 3. The molecule has 0 radical (unpaired) electrons. The van der Waals surface area contributed by atoms with Crippen LogP contribution in [0.4, 0.5) is 0 Å². The number of fused-ring (bicyclic) bond motifs is 1. The molecule has 1 aromatic heterocycles. The van der Waals surface area contributed by atoms with Crippen LogP contribution in [-0.4, -0.2) is 65.9 Å². The lowest BCUT2D eigenvalue weighted by molar-refractivity contribution is -0.131. The lowest BCUT2D eigenvalue weighted by Gasteiger charge is -2.34. The van der Waals surface area contributed by atoms with E-state index < -0.39 is 0 Å². The number of aliphatic imine (C=N–C) groups is 1. The maximum Gasteiger partial charge on any atom is 0.224 e. The Morgan fingerprint density at radius 1 is 1.40 bits per heavy atom. The van der Waals surface area contributed by atoms with Crippen molar-refractivity contribution < 1.29 is 4.79 Å². The van der Waals surface area contributed by atoms with Gasteiger partial charge >= 0.3 is 0 Å². The van der Waals surface area contributed by atoms with Crippen LogP contribution >= 0.6 is 23.1 Å². The second kappa shape index (κ2) is 8.94. The predicted molar refractivity (Wildman–Crippen MR) is 108 cm³/mol. The highest BCUT2D eigenvalue weighted by Gasteiger charge is 2.23. The van der Waals surface area contributed by atoms with E-state index in [1.807, 2.05) is 23.3 Å². The number of thioether (sulfide) groups is 1. The SMILES string of the molecule is CCC1CN(C(=NC)NCCC(=O)N2CCc3sccc3C2)CCS1. The smallest absolute Gasteiger partial charge is 0.224 e. The highest BCUT2D eigenvalue weighted by molar-refractivity contribution is 8.00. The summed E-state index contributed by atoms with van der Waals surface area (Å²) in [4.78, 5) is 22.7. The average Bonchev–Trinajstić information content (AvgIpc) is 3.13. The molecule has 138 valence electrons. The van der Waals surface area contributed by atoms with Gasteiger partial charge in [0.2, 0.25) is 5.91 Å². The number of hydrogen-bond acceptors (Lipinski definition) is 4. The third kappa shape index (κ3) is 4.70. The van der Waals surface area contributed by atoms with Crippen molar-refractivity contribution in [1.29, 1.82) is 0 Å². The normalized spacial score (nSPS) is 21.2. The molecule has 5 nitrogen and oxygen atoms in total. The molecule has 1 fully saturated rings. The number of rotatable bonds is 4. The highest BCUT2D eigenvalue weighted by atomic mass is 32.2. The summed E-state index contributed by atoms with van der Waals surface area (Å²) in [6.07, 6.45) is 2.71. The van der Waals surface area contributed by atoms with Crippen LogP contribution in [-0.2, 0) is 17.8 Å². The maximum atomic E-state index is 12.5. The molecule has 0 saturated carbocycles. The van der Waals surface area contributed by atoms with E-state index in [9.17, 15) is 4.79 Å². The van der Waals surface area contributed by atoms with E-state index in [0.717, 1.165) is 44.3 Å². The van der Waals surface area contributed by atoms with Gasteiger partial charge in [-0.3, -0.25) is 9.79 Å². The zero-order valence-corrected chi connectivity index (χ0v) is 16.8. The quantitative estimate of drug-likeness (QED) is 0.644. The van der Waals surface area contributed by atoms with Crippen LogP contribution in [0.5, 0.6) is 0 Å². The van der Waals surface area contributed by atoms with E-state index in [-0.39, 0.29) is 5.91 Å². The summed E-state index contributed by atoms with van der Waals surface area (Å²) in [6, 6.07) is 2.15. The standard InChI is InChI=1S/C18H28N4OS2/c1-3-15-13-22(9-11-24-15)18(19-2)20-7-4-17(23)21-8-5-16-14(12-21)6-10-25-16/h6,10,15H,3-5,7-9,11-13H2,1-2H3,(H,19,20). The molecule has 1 aromatic rings. The molecule has 0 aliphatic carbocycles. The Morgan fingerprint density at radius 3 is 3.08 bits per heavy atom. The lowest BCUT2D eigenvalue weighted by Crippen LogP contribution is -2.48. The Kier molecular flexibility index (Phi) is 6.64. The Labute approximate surface area is 158 Å². The summed E-state index contributed by atoms with van der Waals surface area (Å²) in [5.41, 5.74) is 1.32. The molecule has 1 atom stereocenters. The molecule has 7 heteroatoms. The number of guanidine groups is 1. The van der Waals surface area contributed by atoms with Crippen molar-refractivity contribution in [3.05, 3.63) is 21.9 Å². The number of carbonyl (C=O) groups excluding carboxylic acids is 1. The molecule has 0 bridgehead atoms. The highest BCUT2D eigenvalue weighted by Crippen LogP contribution is 2.24. The van der Waals surface area contributed by atoms with Crippen LogP contribution < -0.4 is 5.32 Å². The van der Waals surface area contributed by atoms with Crippen LogP contribution in [0, 0.1) is 0 Å². The fourth-order valence-corrected chi connectivity index (χ4v) is 5.46. The molecule has 25 heavy (non-hydrogen) atoms. The third-order valence-electron chi connectivity index (χ3n) is 4.89. The summed E-state index contributed by atoms with van der Waals surface area (Å²) in [5, 5.41) is 6.20. The largest absolute Gasteiger partial charge is 0.356 e. The first-order chi connectivity index (χ1) is 12.2. The van der Waals surface area contributed by atoms with Crippen LogP contribution in [0.2, 0.25) is 0 Å². The monoisotopic (exact) mass is 380 g/mol. The number of amides is 1. The van der Waals surface area contributed by atoms with E-state index >= 15 is 0 Å². The third-order valence-corrected chi connectivity index (χ3v) is 7.28. The van der Waals surface area contributed by atoms with Crippen molar-refractivity contribution in [2.24, 2.45) is 4.99 Å². The zero-order chi connectivity index (χ0) is 17.6. The van der Waals surface area contributed by atoms with Gasteiger partial charge in [0, 0.05) is 62.1 Å². The van der Waals surface area contributed by atoms with Crippen LogP contribution in [0.15, 0.2) is 16.4 Å². The number of hydrogen-bond donors (Lipinski definition) is 1. The minimum atomic E-state index is 0.237. The van der Waals surface area contributed by atoms with Gasteiger partial charge in [-0.25, -0.2) is 0 Å². The van der Waals surface area contributed by atoms with Crippen molar-refractivity contribution in [2.75, 3.05) is 39.0 Å². The molecule has 2 aliphatic heterocycles. The van der Waals surface area contributed by atoms with Gasteiger partial charge in [-0.1, -0.05) is 6.92 Å². The lowest BCUT2D eigenvalue weighted by atomic mass is 10.1. The number of nitrogens with one attached hydrogen (secondary N) is 1. The minimum Gasteiger partial charge on any atom is -0.356 e. The van der Waals surface area contributed by atoms with Gasteiger partial charge in [0.05, 0.1) is 0 Å². The van der Waals surface area contributed by atoms with Gasteiger partial charge in [0.1, 0.15) is 0 Å². The Bertz CT molecular complexity index is 616. The van der Waals surface area contributed by atoms with Gasteiger partial charge in [-0.2, -0.15) is 11.8 Å². The zero-order valence-electron chi connectivity index (χ0n) is 15.2. The van der Waals surface area contributed by atoms with Gasteiger partial charge in [0.15, 0.2) is 5.96 Å². The van der Waals surface area contributed by atoms with Crippen LogP contribution in [0.25, 0.3) is 0 Å². The van der Waals surface area contributed by atoms with Crippen molar-refractivity contribution in [2.45, 2.75) is 38.0 Å². The number of carbonyl (C=O) groups is 1. The van der Waals surface area contributed by atoms with Crippen molar-refractivity contribution in [3.8, 4) is 0 Å². The first kappa shape index (κ1) is 18.6. The van der Waals surface area contributed by atoms with Crippen LogP contribution in [0.3, 0.4) is 0 Å². The first-order valence-electron chi connectivity index (χ1n) is 9.11.